The largest absolute Gasteiger partial charge is 0.335 e. The summed E-state index contributed by atoms with van der Waals surface area (Å²) in [5.74, 6) is 0.391. The van der Waals surface area contributed by atoms with Crippen LogP contribution in [-0.4, -0.2) is 32.8 Å². The molecule has 0 N–H and O–H groups in total. The molecule has 0 radical (unpaired) electrons. The zero-order chi connectivity index (χ0) is 15.5. The van der Waals surface area contributed by atoms with Gasteiger partial charge in [-0.3, -0.25) is 4.79 Å². The van der Waals surface area contributed by atoms with Crippen LogP contribution in [0.25, 0.3) is 10.8 Å². The third-order valence-electron chi connectivity index (χ3n) is 2.85. The first-order valence-electron chi connectivity index (χ1n) is 6.36. The molecule has 0 bridgehead atoms. The molecule has 0 unspecified atom stereocenters. The second-order valence-corrected chi connectivity index (χ2v) is 7.14. The average Bonchev–Trinajstić information content (AvgIpc) is 3.17. The van der Waals surface area contributed by atoms with Crippen LogP contribution in [0.3, 0.4) is 0 Å². The zero-order valence-electron chi connectivity index (χ0n) is 11.6. The number of hydrogen-bond acceptors (Lipinski definition) is 6. The Kier molecular flexibility index (Phi) is 4.47. The smallest absolute Gasteiger partial charge is 0.273 e. The number of amides is 1. The molecule has 1 amide bonds. The normalized spacial score (nSPS) is 10.6. The Hall–Kier alpha value is -1.83. The fourth-order valence-electron chi connectivity index (χ4n) is 1.82. The number of halogens is 1. The summed E-state index contributed by atoms with van der Waals surface area (Å²) in [6, 6.07) is 5.48. The third kappa shape index (κ3) is 3.32. The number of thiophene rings is 1. The van der Waals surface area contributed by atoms with Crippen LogP contribution in [0.5, 0.6) is 0 Å². The lowest BCUT2D eigenvalue weighted by Crippen LogP contribution is -2.26. The van der Waals surface area contributed by atoms with Gasteiger partial charge in [-0.1, -0.05) is 11.6 Å². The summed E-state index contributed by atoms with van der Waals surface area (Å²) >= 11 is 8.72. The lowest BCUT2D eigenvalue weighted by atomic mass is 10.3. The highest BCUT2D eigenvalue weighted by Gasteiger charge is 2.17. The molecule has 5 nitrogen and oxygen atoms in total. The SMILES string of the molecule is CN(Cc1ccc(Cl)s1)C(=O)c1csc(-c2ncccn2)n1. The molecule has 8 heteroatoms. The van der Waals surface area contributed by atoms with Crippen LogP contribution in [0.2, 0.25) is 4.34 Å². The molecule has 3 rings (SSSR count). The fourth-order valence-corrected chi connectivity index (χ4v) is 3.70. The van der Waals surface area contributed by atoms with Gasteiger partial charge in [0.1, 0.15) is 5.69 Å². The van der Waals surface area contributed by atoms with E-state index in [1.54, 1.807) is 35.8 Å². The van der Waals surface area contributed by atoms with E-state index in [0.717, 1.165) is 4.88 Å². The number of carbonyl (C=O) groups is 1. The molecular weight excluding hydrogens is 340 g/mol. The molecule has 0 saturated heterocycles. The van der Waals surface area contributed by atoms with Gasteiger partial charge >= 0.3 is 0 Å². The van der Waals surface area contributed by atoms with Crippen molar-refractivity contribution in [1.29, 1.82) is 0 Å². The number of aromatic nitrogens is 3. The highest BCUT2D eigenvalue weighted by Crippen LogP contribution is 2.24. The Labute approximate surface area is 140 Å². The minimum atomic E-state index is -0.136. The molecule has 22 heavy (non-hydrogen) atoms. The van der Waals surface area contributed by atoms with Crippen LogP contribution >= 0.6 is 34.3 Å². The second-order valence-electron chi connectivity index (χ2n) is 4.48. The molecule has 0 aromatic carbocycles. The van der Waals surface area contributed by atoms with Gasteiger partial charge in [-0.25, -0.2) is 15.0 Å². The van der Waals surface area contributed by atoms with E-state index >= 15 is 0 Å². The predicted molar refractivity (Wildman–Crippen MR) is 88.3 cm³/mol. The van der Waals surface area contributed by atoms with Crippen molar-refractivity contribution >= 4 is 40.2 Å². The maximum absolute atomic E-state index is 12.4. The molecule has 0 spiro atoms. The van der Waals surface area contributed by atoms with Crippen molar-refractivity contribution in [2.24, 2.45) is 0 Å². The van der Waals surface area contributed by atoms with Crippen molar-refractivity contribution in [2.75, 3.05) is 7.05 Å². The maximum Gasteiger partial charge on any atom is 0.273 e. The van der Waals surface area contributed by atoms with E-state index in [1.807, 2.05) is 12.1 Å². The molecule has 0 aliphatic carbocycles. The van der Waals surface area contributed by atoms with E-state index in [9.17, 15) is 4.79 Å². The second kappa shape index (κ2) is 6.51. The van der Waals surface area contributed by atoms with Crippen molar-refractivity contribution in [3.8, 4) is 10.8 Å². The minimum absolute atomic E-state index is 0.136. The standard InChI is InChI=1S/C14H11ClN4OS2/c1-19(7-9-3-4-11(15)22-9)14(20)10-8-21-13(18-10)12-16-5-2-6-17-12/h2-6,8H,7H2,1H3. The first-order valence-corrected chi connectivity index (χ1v) is 8.43. The van der Waals surface area contributed by atoms with Gasteiger partial charge in [0, 0.05) is 29.7 Å². The Bertz CT molecular complexity index is 787. The number of hydrogen-bond donors (Lipinski definition) is 0. The lowest BCUT2D eigenvalue weighted by molar-refractivity contribution is 0.0781. The lowest BCUT2D eigenvalue weighted by Gasteiger charge is -2.14. The molecular formula is C14H11ClN4OS2. The van der Waals surface area contributed by atoms with E-state index in [-0.39, 0.29) is 5.91 Å². The molecule has 0 fully saturated rings. The highest BCUT2D eigenvalue weighted by atomic mass is 35.5. The van der Waals surface area contributed by atoms with Gasteiger partial charge < -0.3 is 4.90 Å². The molecule has 3 heterocycles. The van der Waals surface area contributed by atoms with Crippen LogP contribution in [0.1, 0.15) is 15.4 Å². The van der Waals surface area contributed by atoms with Crippen LogP contribution in [0, 0.1) is 0 Å². The number of thiazole rings is 1. The van der Waals surface area contributed by atoms with E-state index in [2.05, 4.69) is 15.0 Å². The van der Waals surface area contributed by atoms with Gasteiger partial charge in [0.05, 0.1) is 10.9 Å². The van der Waals surface area contributed by atoms with Crippen LogP contribution in [-0.2, 0) is 6.54 Å². The van der Waals surface area contributed by atoms with Gasteiger partial charge in [-0.05, 0) is 18.2 Å². The molecule has 3 aromatic rings. The van der Waals surface area contributed by atoms with Crippen molar-refractivity contribution in [1.82, 2.24) is 19.9 Å². The van der Waals surface area contributed by atoms with E-state index in [0.29, 0.717) is 27.4 Å². The van der Waals surface area contributed by atoms with E-state index < -0.39 is 0 Å². The van der Waals surface area contributed by atoms with Gasteiger partial charge in [0.25, 0.3) is 5.91 Å². The van der Waals surface area contributed by atoms with Gasteiger partial charge in [-0.2, -0.15) is 0 Å². The van der Waals surface area contributed by atoms with Crippen LogP contribution in [0.4, 0.5) is 0 Å². The summed E-state index contributed by atoms with van der Waals surface area (Å²) < 4.78 is 0.716. The van der Waals surface area contributed by atoms with Crippen molar-refractivity contribution < 1.29 is 4.79 Å². The number of nitrogens with zero attached hydrogens (tertiary/aromatic N) is 4. The molecule has 0 atom stereocenters. The van der Waals surface area contributed by atoms with Crippen molar-refractivity contribution in [3.05, 3.63) is 50.9 Å². The van der Waals surface area contributed by atoms with Gasteiger partial charge in [0.2, 0.25) is 0 Å². The quantitative estimate of drug-likeness (QED) is 0.721. The number of rotatable bonds is 4. The number of carbonyl (C=O) groups excluding carboxylic acids is 1. The Morgan fingerprint density at radius 3 is 2.77 bits per heavy atom. The molecule has 3 aromatic heterocycles. The Balaban J connectivity index is 1.74. The Morgan fingerprint density at radius 1 is 1.32 bits per heavy atom. The average molecular weight is 351 g/mol. The molecule has 112 valence electrons. The van der Waals surface area contributed by atoms with E-state index in [1.165, 1.54) is 22.7 Å². The summed E-state index contributed by atoms with van der Waals surface area (Å²) in [7, 11) is 1.74. The maximum atomic E-state index is 12.4. The third-order valence-corrected chi connectivity index (χ3v) is 4.90. The van der Waals surface area contributed by atoms with Gasteiger partial charge in [0.15, 0.2) is 10.8 Å². The first kappa shape index (κ1) is 15.1. The molecule has 0 aliphatic rings. The van der Waals surface area contributed by atoms with Crippen molar-refractivity contribution in [2.45, 2.75) is 6.54 Å². The molecule has 0 saturated carbocycles. The van der Waals surface area contributed by atoms with Crippen LogP contribution in [0.15, 0.2) is 36.0 Å². The highest BCUT2D eigenvalue weighted by molar-refractivity contribution is 7.16. The summed E-state index contributed by atoms with van der Waals surface area (Å²) in [6.07, 6.45) is 3.30. The van der Waals surface area contributed by atoms with Crippen LogP contribution < -0.4 is 0 Å². The molecule has 0 aliphatic heterocycles. The first-order chi connectivity index (χ1) is 10.6. The fraction of sp³-hybridized carbons (Fsp3) is 0.143. The monoisotopic (exact) mass is 350 g/mol. The van der Waals surface area contributed by atoms with Crippen molar-refractivity contribution in [3.63, 3.8) is 0 Å². The summed E-state index contributed by atoms with van der Waals surface area (Å²) in [4.78, 5) is 27.6. The zero-order valence-corrected chi connectivity index (χ0v) is 14.0. The predicted octanol–water partition coefficient (Wildman–Crippen LogP) is 3.59. The summed E-state index contributed by atoms with van der Waals surface area (Å²) in [5, 5.41) is 2.36. The minimum Gasteiger partial charge on any atom is -0.335 e. The topological polar surface area (TPSA) is 59.0 Å². The Morgan fingerprint density at radius 2 is 2.09 bits per heavy atom. The summed E-state index contributed by atoms with van der Waals surface area (Å²) in [5.41, 5.74) is 0.401. The summed E-state index contributed by atoms with van der Waals surface area (Å²) in [6.45, 7) is 0.505. The van der Waals surface area contributed by atoms with Gasteiger partial charge in [-0.15, -0.1) is 22.7 Å². The van der Waals surface area contributed by atoms with E-state index in [4.69, 9.17) is 11.6 Å².